The predicted octanol–water partition coefficient (Wildman–Crippen LogP) is 2.69. The molecule has 1 saturated carbocycles. The van der Waals surface area contributed by atoms with Gasteiger partial charge < -0.3 is 10.0 Å². The number of rotatable bonds is 6. The van der Waals surface area contributed by atoms with Gasteiger partial charge in [0.2, 0.25) is 5.91 Å². The van der Waals surface area contributed by atoms with Gasteiger partial charge in [0.05, 0.1) is 16.1 Å². The van der Waals surface area contributed by atoms with Crippen molar-refractivity contribution in [3.63, 3.8) is 0 Å². The van der Waals surface area contributed by atoms with Gasteiger partial charge in [-0.15, -0.1) is 6.58 Å². The highest BCUT2D eigenvalue weighted by atomic mass is 32.2. The second-order valence-corrected chi connectivity index (χ2v) is 10.7. The molecule has 0 aromatic heterocycles. The maximum Gasteiger partial charge on any atom is 0.225 e. The van der Waals surface area contributed by atoms with Crippen LogP contribution in [0.4, 0.5) is 0 Å². The van der Waals surface area contributed by atoms with Gasteiger partial charge in [0.15, 0.2) is 9.84 Å². The molecule has 5 nitrogen and oxygen atoms in total. The maximum atomic E-state index is 12.8. The van der Waals surface area contributed by atoms with E-state index in [4.69, 9.17) is 0 Å². The first-order chi connectivity index (χ1) is 11.6. The number of amides is 1. The fourth-order valence-corrected chi connectivity index (χ4v) is 6.29. The smallest absolute Gasteiger partial charge is 0.225 e. The molecule has 1 aliphatic carbocycles. The first kappa shape index (κ1) is 20.4. The Bertz CT molecular complexity index is 591. The molecule has 1 N–H and O–H groups in total. The summed E-state index contributed by atoms with van der Waals surface area (Å²) in [6.45, 7) is 7.92. The first-order valence-corrected chi connectivity index (χ1v) is 11.1. The zero-order valence-electron chi connectivity index (χ0n) is 15.7. The molecule has 1 heterocycles. The summed E-state index contributed by atoms with van der Waals surface area (Å²) in [7, 11) is -3.12. The highest BCUT2D eigenvalue weighted by Crippen LogP contribution is 2.39. The predicted molar refractivity (Wildman–Crippen MR) is 100 cm³/mol. The number of carbonyl (C=O) groups is 1. The van der Waals surface area contributed by atoms with Crippen molar-refractivity contribution in [2.24, 2.45) is 5.92 Å². The van der Waals surface area contributed by atoms with E-state index in [1.165, 1.54) is 6.08 Å². The van der Waals surface area contributed by atoms with Crippen LogP contribution in [-0.4, -0.2) is 53.5 Å². The van der Waals surface area contributed by atoms with E-state index in [1.54, 1.807) is 11.8 Å². The Balaban J connectivity index is 1.96. The third-order valence-electron chi connectivity index (χ3n) is 6.03. The molecule has 2 fully saturated rings. The van der Waals surface area contributed by atoms with Gasteiger partial charge in [0, 0.05) is 19.0 Å². The van der Waals surface area contributed by atoms with Crippen molar-refractivity contribution in [2.75, 3.05) is 18.8 Å². The number of nitrogens with zero attached hydrogens (tertiary/aromatic N) is 1. The summed E-state index contributed by atoms with van der Waals surface area (Å²) in [5, 5.41) is 9.97. The van der Waals surface area contributed by atoms with Crippen molar-refractivity contribution in [1.29, 1.82) is 0 Å². The number of carbonyl (C=O) groups excluding carboxylic acids is 1. The van der Waals surface area contributed by atoms with E-state index in [1.807, 2.05) is 6.92 Å². The molecule has 1 aliphatic heterocycles. The molecule has 0 aromatic carbocycles. The average molecular weight is 372 g/mol. The monoisotopic (exact) mass is 371 g/mol. The fraction of sp³-hybridized carbons (Fsp3) is 0.842. The summed E-state index contributed by atoms with van der Waals surface area (Å²) in [5.41, 5.74) is -0.895. The van der Waals surface area contributed by atoms with Crippen LogP contribution in [0.3, 0.4) is 0 Å². The number of sulfone groups is 1. The first-order valence-electron chi connectivity index (χ1n) is 9.50. The summed E-state index contributed by atoms with van der Waals surface area (Å²) in [6.07, 6.45) is 7.88. The van der Waals surface area contributed by atoms with E-state index < -0.39 is 20.2 Å². The van der Waals surface area contributed by atoms with Crippen molar-refractivity contribution < 1.29 is 18.3 Å². The van der Waals surface area contributed by atoms with Crippen molar-refractivity contribution in [2.45, 2.75) is 75.6 Å². The lowest BCUT2D eigenvalue weighted by Gasteiger charge is -2.45. The minimum atomic E-state index is -3.12. The van der Waals surface area contributed by atoms with E-state index in [2.05, 4.69) is 6.58 Å². The Labute approximate surface area is 152 Å². The van der Waals surface area contributed by atoms with E-state index in [0.717, 1.165) is 25.7 Å². The van der Waals surface area contributed by atoms with Crippen LogP contribution < -0.4 is 0 Å². The second kappa shape index (κ2) is 7.78. The van der Waals surface area contributed by atoms with Crippen LogP contribution in [0.5, 0.6) is 0 Å². The van der Waals surface area contributed by atoms with Crippen molar-refractivity contribution in [1.82, 2.24) is 4.90 Å². The van der Waals surface area contributed by atoms with Gasteiger partial charge >= 0.3 is 0 Å². The molecule has 2 unspecified atom stereocenters. The molecular weight excluding hydrogens is 338 g/mol. The third-order valence-corrected chi connectivity index (χ3v) is 8.60. The zero-order valence-corrected chi connectivity index (χ0v) is 16.5. The molecule has 1 saturated heterocycles. The molecule has 6 heteroatoms. The van der Waals surface area contributed by atoms with Gasteiger partial charge in [0.25, 0.3) is 0 Å². The fourth-order valence-electron chi connectivity index (χ4n) is 4.13. The molecule has 0 aromatic rings. The molecule has 144 valence electrons. The van der Waals surface area contributed by atoms with Crippen LogP contribution in [0.1, 0.15) is 65.2 Å². The third kappa shape index (κ3) is 4.64. The molecule has 2 rings (SSSR count). The Morgan fingerprint density at radius 3 is 2.60 bits per heavy atom. The van der Waals surface area contributed by atoms with Crippen LogP contribution in [0, 0.1) is 5.92 Å². The van der Waals surface area contributed by atoms with Crippen molar-refractivity contribution in [3.8, 4) is 0 Å². The largest absolute Gasteiger partial charge is 0.386 e. The second-order valence-electron chi connectivity index (χ2n) is 8.18. The van der Waals surface area contributed by atoms with Crippen LogP contribution >= 0.6 is 0 Å². The molecule has 2 aliphatic rings. The normalized spacial score (nSPS) is 26.0. The molecule has 0 radical (unpaired) electrons. The van der Waals surface area contributed by atoms with E-state index in [9.17, 15) is 18.3 Å². The van der Waals surface area contributed by atoms with E-state index >= 15 is 0 Å². The zero-order chi connectivity index (χ0) is 18.7. The summed E-state index contributed by atoms with van der Waals surface area (Å²) in [5.74, 6) is -0.00320. The highest BCUT2D eigenvalue weighted by molar-refractivity contribution is 7.92. The summed E-state index contributed by atoms with van der Waals surface area (Å²) in [6, 6.07) is 0. The Morgan fingerprint density at radius 2 is 2.00 bits per heavy atom. The van der Waals surface area contributed by atoms with Crippen LogP contribution in [0.25, 0.3) is 0 Å². The molecular formula is C19H33NO4S. The number of hydrogen-bond acceptors (Lipinski definition) is 4. The van der Waals surface area contributed by atoms with Crippen molar-refractivity contribution in [3.05, 3.63) is 12.7 Å². The Kier molecular flexibility index (Phi) is 6.36. The molecule has 1 spiro atoms. The van der Waals surface area contributed by atoms with Crippen LogP contribution in [-0.2, 0) is 14.6 Å². The number of aliphatic hydroxyl groups is 1. The number of hydrogen-bond donors (Lipinski definition) is 1. The van der Waals surface area contributed by atoms with E-state index in [0.29, 0.717) is 38.8 Å². The van der Waals surface area contributed by atoms with Gasteiger partial charge in [-0.1, -0.05) is 32.3 Å². The lowest BCUT2D eigenvalue weighted by atomic mass is 9.87. The minimum absolute atomic E-state index is 0.0538. The van der Waals surface area contributed by atoms with Gasteiger partial charge in [-0.05, 0) is 39.0 Å². The highest BCUT2D eigenvalue weighted by Gasteiger charge is 2.49. The molecule has 2 atom stereocenters. The van der Waals surface area contributed by atoms with Gasteiger partial charge in [-0.25, -0.2) is 8.42 Å². The summed E-state index contributed by atoms with van der Waals surface area (Å²) >= 11 is 0. The molecule has 1 amide bonds. The molecule has 25 heavy (non-hydrogen) atoms. The molecule has 0 bridgehead atoms. The maximum absolute atomic E-state index is 12.8. The SMILES string of the molecule is C=CC(C)(O)CCCC(C)C(=O)N1CCS(=O)(=O)C2(CCCCC2)C1. The summed E-state index contributed by atoms with van der Waals surface area (Å²) < 4.78 is 24.6. The quantitative estimate of drug-likeness (QED) is 0.729. The summed E-state index contributed by atoms with van der Waals surface area (Å²) in [4.78, 5) is 14.6. The minimum Gasteiger partial charge on any atom is -0.386 e. The van der Waals surface area contributed by atoms with Crippen LogP contribution in [0.2, 0.25) is 0 Å². The lowest BCUT2D eigenvalue weighted by Crippen LogP contribution is -2.59. The standard InChI is InChI=1S/C19H33NO4S/c1-4-18(3,22)10-8-9-16(2)17(21)20-13-14-25(23,24)19(15-20)11-6-5-7-12-19/h4,16,22H,1,5-15H2,2-3H3. The lowest BCUT2D eigenvalue weighted by molar-refractivity contribution is -0.135. The topological polar surface area (TPSA) is 74.7 Å². The van der Waals surface area contributed by atoms with Gasteiger partial charge in [-0.3, -0.25) is 4.79 Å². The van der Waals surface area contributed by atoms with Gasteiger partial charge in [0.1, 0.15) is 0 Å². The Hall–Kier alpha value is -0.880. The van der Waals surface area contributed by atoms with Crippen LogP contribution in [0.15, 0.2) is 12.7 Å². The van der Waals surface area contributed by atoms with Gasteiger partial charge in [-0.2, -0.15) is 0 Å². The average Bonchev–Trinajstić information content (AvgIpc) is 2.57. The van der Waals surface area contributed by atoms with E-state index in [-0.39, 0.29) is 17.6 Å². The van der Waals surface area contributed by atoms with Crippen molar-refractivity contribution >= 4 is 15.7 Å². The Morgan fingerprint density at radius 1 is 1.36 bits per heavy atom.